The van der Waals surface area contributed by atoms with Gasteiger partial charge in [0.25, 0.3) is 5.88 Å². The molecule has 1 N–H and O–H groups in total. The van der Waals surface area contributed by atoms with E-state index in [0.29, 0.717) is 31.4 Å². The summed E-state index contributed by atoms with van der Waals surface area (Å²) in [4.78, 5) is 3.91. The number of pyridine rings is 1. The van der Waals surface area contributed by atoms with Gasteiger partial charge >= 0.3 is 0 Å². The molecule has 5 heteroatoms. The maximum Gasteiger partial charge on any atom is 0.251 e. The van der Waals surface area contributed by atoms with E-state index in [1.165, 1.54) is 0 Å². The van der Waals surface area contributed by atoms with Gasteiger partial charge in [-0.1, -0.05) is 13.8 Å². The van der Waals surface area contributed by atoms with Crippen molar-refractivity contribution in [2.24, 2.45) is 0 Å². The molecule has 0 radical (unpaired) electrons. The van der Waals surface area contributed by atoms with Gasteiger partial charge in [-0.3, -0.25) is 0 Å². The highest BCUT2D eigenvalue weighted by Crippen LogP contribution is 2.20. The normalized spacial score (nSPS) is 16.0. The first-order valence-corrected chi connectivity index (χ1v) is 5.78. The van der Waals surface area contributed by atoms with Gasteiger partial charge in [0.2, 0.25) is 0 Å². The first-order chi connectivity index (χ1) is 8.16. The Balaban J connectivity index is 2.03. The van der Waals surface area contributed by atoms with Gasteiger partial charge < -0.3 is 14.8 Å². The van der Waals surface area contributed by atoms with Crippen molar-refractivity contribution in [2.75, 3.05) is 13.2 Å². The van der Waals surface area contributed by atoms with Crippen molar-refractivity contribution in [1.82, 2.24) is 10.3 Å². The van der Waals surface area contributed by atoms with Gasteiger partial charge in [0.1, 0.15) is 6.10 Å². The van der Waals surface area contributed by atoms with Crippen molar-refractivity contribution in [3.05, 3.63) is 23.6 Å². The van der Waals surface area contributed by atoms with E-state index in [0.717, 1.165) is 0 Å². The van der Waals surface area contributed by atoms with E-state index < -0.39 is 0 Å². The molecule has 0 atom stereocenters. The quantitative estimate of drug-likeness (QED) is 0.847. The van der Waals surface area contributed by atoms with Crippen molar-refractivity contribution in [3.63, 3.8) is 0 Å². The van der Waals surface area contributed by atoms with Crippen LogP contribution in [0, 0.1) is 5.82 Å². The summed E-state index contributed by atoms with van der Waals surface area (Å²) >= 11 is 0. The third kappa shape index (κ3) is 3.14. The molecule has 1 fully saturated rings. The van der Waals surface area contributed by atoms with E-state index in [-0.39, 0.29) is 17.8 Å². The van der Waals surface area contributed by atoms with Crippen LogP contribution in [-0.2, 0) is 11.3 Å². The van der Waals surface area contributed by atoms with Crippen LogP contribution in [0.1, 0.15) is 19.4 Å². The molecule has 1 aliphatic rings. The van der Waals surface area contributed by atoms with Gasteiger partial charge in [-0.2, -0.15) is 0 Å². The summed E-state index contributed by atoms with van der Waals surface area (Å²) < 4.78 is 24.3. The topological polar surface area (TPSA) is 43.4 Å². The van der Waals surface area contributed by atoms with Crippen LogP contribution >= 0.6 is 0 Å². The van der Waals surface area contributed by atoms with Crippen LogP contribution in [-0.4, -0.2) is 30.3 Å². The standard InChI is InChI=1S/C12H17FN2O2/c1-8(2)15-5-9-3-4-14-12(11(9)13)17-10-6-16-7-10/h3-4,8,10,15H,5-7H2,1-2H3. The van der Waals surface area contributed by atoms with Crippen LogP contribution in [0.4, 0.5) is 4.39 Å². The lowest BCUT2D eigenvalue weighted by molar-refractivity contribution is -0.0827. The Hall–Kier alpha value is -1.20. The van der Waals surface area contributed by atoms with Crippen LogP contribution in [0.15, 0.2) is 12.3 Å². The van der Waals surface area contributed by atoms with E-state index in [2.05, 4.69) is 10.3 Å². The maximum atomic E-state index is 14.0. The summed E-state index contributed by atoms with van der Waals surface area (Å²) in [6.07, 6.45) is 1.50. The van der Waals surface area contributed by atoms with Crippen LogP contribution in [0.3, 0.4) is 0 Å². The molecule has 2 rings (SSSR count). The Bertz CT molecular complexity index is 381. The number of aromatic nitrogens is 1. The largest absolute Gasteiger partial charge is 0.467 e. The molecule has 1 aromatic heterocycles. The molecule has 0 saturated carbocycles. The second-order valence-corrected chi connectivity index (χ2v) is 4.40. The summed E-state index contributed by atoms with van der Waals surface area (Å²) in [6, 6.07) is 1.97. The number of ether oxygens (including phenoxy) is 2. The van der Waals surface area contributed by atoms with E-state index in [9.17, 15) is 4.39 Å². The summed E-state index contributed by atoms with van der Waals surface area (Å²) in [5.41, 5.74) is 0.573. The smallest absolute Gasteiger partial charge is 0.251 e. The molecule has 0 unspecified atom stereocenters. The fourth-order valence-electron chi connectivity index (χ4n) is 1.43. The minimum absolute atomic E-state index is 0.0645. The Kier molecular flexibility index (Phi) is 3.91. The van der Waals surface area contributed by atoms with Gasteiger partial charge in [0.15, 0.2) is 5.82 Å². The lowest BCUT2D eigenvalue weighted by Crippen LogP contribution is -2.39. The average Bonchev–Trinajstić information content (AvgIpc) is 2.23. The molecular weight excluding hydrogens is 223 g/mol. The van der Waals surface area contributed by atoms with Crippen LogP contribution in [0.5, 0.6) is 5.88 Å². The molecular formula is C12H17FN2O2. The highest BCUT2D eigenvalue weighted by molar-refractivity contribution is 5.23. The summed E-state index contributed by atoms with van der Waals surface area (Å²) in [6.45, 7) is 5.53. The first kappa shape index (κ1) is 12.3. The number of nitrogens with one attached hydrogen (secondary N) is 1. The van der Waals surface area contributed by atoms with E-state index in [1.807, 2.05) is 13.8 Å². The van der Waals surface area contributed by atoms with Gasteiger partial charge in [-0.25, -0.2) is 9.37 Å². The number of nitrogens with zero attached hydrogens (tertiary/aromatic N) is 1. The van der Waals surface area contributed by atoms with Crippen molar-refractivity contribution in [2.45, 2.75) is 32.5 Å². The molecule has 0 bridgehead atoms. The number of hydrogen-bond acceptors (Lipinski definition) is 4. The lowest BCUT2D eigenvalue weighted by atomic mass is 10.2. The monoisotopic (exact) mass is 240 g/mol. The number of rotatable bonds is 5. The molecule has 4 nitrogen and oxygen atoms in total. The minimum atomic E-state index is -0.382. The molecule has 0 aliphatic carbocycles. The molecule has 0 amide bonds. The fraction of sp³-hybridized carbons (Fsp3) is 0.583. The van der Waals surface area contributed by atoms with Gasteiger partial charge in [-0.05, 0) is 6.07 Å². The van der Waals surface area contributed by atoms with Crippen molar-refractivity contribution in [3.8, 4) is 5.88 Å². The Morgan fingerprint density at radius 1 is 1.59 bits per heavy atom. The zero-order chi connectivity index (χ0) is 12.3. The third-order valence-corrected chi connectivity index (χ3v) is 2.52. The average molecular weight is 240 g/mol. The summed E-state index contributed by atoms with van der Waals surface area (Å²) in [5, 5.41) is 3.16. The second-order valence-electron chi connectivity index (χ2n) is 4.40. The van der Waals surface area contributed by atoms with E-state index >= 15 is 0 Å². The summed E-state index contributed by atoms with van der Waals surface area (Å²) in [5.74, 6) is -0.311. The van der Waals surface area contributed by atoms with Crippen molar-refractivity contribution in [1.29, 1.82) is 0 Å². The zero-order valence-electron chi connectivity index (χ0n) is 10.1. The lowest BCUT2D eigenvalue weighted by Gasteiger charge is -2.26. The highest BCUT2D eigenvalue weighted by Gasteiger charge is 2.23. The Labute approximate surface area is 100 Å². The number of halogens is 1. The summed E-state index contributed by atoms with van der Waals surface area (Å²) in [7, 11) is 0. The molecule has 1 saturated heterocycles. The fourth-order valence-corrected chi connectivity index (χ4v) is 1.43. The van der Waals surface area contributed by atoms with Crippen molar-refractivity contribution >= 4 is 0 Å². The number of hydrogen-bond donors (Lipinski definition) is 1. The maximum absolute atomic E-state index is 14.0. The predicted molar refractivity (Wildman–Crippen MR) is 61.4 cm³/mol. The zero-order valence-corrected chi connectivity index (χ0v) is 10.1. The molecule has 2 heterocycles. The van der Waals surface area contributed by atoms with Gasteiger partial charge in [0, 0.05) is 24.3 Å². The van der Waals surface area contributed by atoms with Gasteiger partial charge in [0.05, 0.1) is 13.2 Å². The SMILES string of the molecule is CC(C)NCc1ccnc(OC2COC2)c1F. The molecule has 17 heavy (non-hydrogen) atoms. The second kappa shape index (κ2) is 5.42. The molecule has 1 aliphatic heterocycles. The molecule has 1 aromatic rings. The van der Waals surface area contributed by atoms with Gasteiger partial charge in [-0.15, -0.1) is 0 Å². The predicted octanol–water partition coefficient (Wildman–Crippen LogP) is 1.50. The van der Waals surface area contributed by atoms with Crippen molar-refractivity contribution < 1.29 is 13.9 Å². The molecule has 0 spiro atoms. The third-order valence-electron chi connectivity index (χ3n) is 2.52. The highest BCUT2D eigenvalue weighted by atomic mass is 19.1. The molecule has 0 aromatic carbocycles. The minimum Gasteiger partial charge on any atom is -0.467 e. The van der Waals surface area contributed by atoms with Crippen LogP contribution in [0.2, 0.25) is 0 Å². The Morgan fingerprint density at radius 3 is 2.94 bits per heavy atom. The molecule has 94 valence electrons. The van der Waals surface area contributed by atoms with E-state index in [1.54, 1.807) is 12.3 Å². The van der Waals surface area contributed by atoms with Crippen LogP contribution in [0.25, 0.3) is 0 Å². The van der Waals surface area contributed by atoms with E-state index in [4.69, 9.17) is 9.47 Å². The Morgan fingerprint density at radius 2 is 2.35 bits per heavy atom. The first-order valence-electron chi connectivity index (χ1n) is 5.78. The van der Waals surface area contributed by atoms with Crippen LogP contribution < -0.4 is 10.1 Å².